The molecular formula is C32H39N5. The number of aromatic amines is 1. The van der Waals surface area contributed by atoms with E-state index < -0.39 is 0 Å². The number of anilines is 2. The minimum Gasteiger partial charge on any atom is -0.378 e. The molecule has 37 heavy (non-hydrogen) atoms. The van der Waals surface area contributed by atoms with Gasteiger partial charge >= 0.3 is 0 Å². The third kappa shape index (κ3) is 6.30. The second-order valence-electron chi connectivity index (χ2n) is 9.70. The second kappa shape index (κ2) is 11.9. The fourth-order valence-electron chi connectivity index (χ4n) is 4.34. The standard InChI is InChI=1S/C32H39N5/c1-7-37(8-2)23-9-10-24-11-13-27(14-12-24)32-33-30(25-15-19-28(20-16-25)35(3)4)31(34-32)26-17-21-29(22-18-26)36(5)6/h9-22H,7-8,23H2,1-6H3,(H,33,34)/b10-9+. The minimum absolute atomic E-state index is 0.872. The average molecular weight is 494 g/mol. The van der Waals surface area contributed by atoms with E-state index in [0.717, 1.165) is 53.5 Å². The van der Waals surface area contributed by atoms with Gasteiger partial charge in [0.2, 0.25) is 0 Å². The molecule has 3 aromatic carbocycles. The lowest BCUT2D eigenvalue weighted by Gasteiger charge is -2.14. The van der Waals surface area contributed by atoms with E-state index in [9.17, 15) is 0 Å². The second-order valence-corrected chi connectivity index (χ2v) is 9.70. The summed E-state index contributed by atoms with van der Waals surface area (Å²) in [6.07, 6.45) is 4.43. The molecule has 0 fully saturated rings. The van der Waals surface area contributed by atoms with E-state index in [0.29, 0.717) is 0 Å². The van der Waals surface area contributed by atoms with Gasteiger partial charge in [-0.25, -0.2) is 4.98 Å². The van der Waals surface area contributed by atoms with Crippen LogP contribution in [-0.4, -0.2) is 62.7 Å². The zero-order chi connectivity index (χ0) is 26.4. The molecule has 0 spiro atoms. The van der Waals surface area contributed by atoms with Crippen LogP contribution in [0, 0.1) is 0 Å². The molecule has 192 valence electrons. The molecule has 0 aliphatic rings. The van der Waals surface area contributed by atoms with Crippen LogP contribution in [0.1, 0.15) is 19.4 Å². The van der Waals surface area contributed by atoms with Crippen molar-refractivity contribution in [1.82, 2.24) is 14.9 Å². The summed E-state index contributed by atoms with van der Waals surface area (Å²) in [6.45, 7) is 7.51. The van der Waals surface area contributed by atoms with Crippen molar-refractivity contribution in [3.05, 3.63) is 84.4 Å². The van der Waals surface area contributed by atoms with Gasteiger partial charge in [0, 0.05) is 62.8 Å². The molecule has 5 heteroatoms. The van der Waals surface area contributed by atoms with Crippen LogP contribution in [0.2, 0.25) is 0 Å². The first-order chi connectivity index (χ1) is 17.9. The van der Waals surface area contributed by atoms with E-state index in [1.165, 1.54) is 16.9 Å². The smallest absolute Gasteiger partial charge is 0.138 e. The quantitative estimate of drug-likeness (QED) is 0.261. The van der Waals surface area contributed by atoms with Crippen LogP contribution in [0.4, 0.5) is 11.4 Å². The molecule has 1 aromatic heterocycles. The molecule has 0 radical (unpaired) electrons. The Kier molecular flexibility index (Phi) is 8.47. The molecule has 1 heterocycles. The Morgan fingerprint density at radius 1 is 0.676 bits per heavy atom. The number of hydrogen-bond acceptors (Lipinski definition) is 4. The third-order valence-electron chi connectivity index (χ3n) is 6.79. The van der Waals surface area contributed by atoms with Gasteiger partial charge in [-0.3, -0.25) is 0 Å². The highest BCUT2D eigenvalue weighted by atomic mass is 15.1. The highest BCUT2D eigenvalue weighted by Crippen LogP contribution is 2.34. The van der Waals surface area contributed by atoms with Crippen molar-refractivity contribution in [3.63, 3.8) is 0 Å². The number of nitrogens with one attached hydrogen (secondary N) is 1. The van der Waals surface area contributed by atoms with Gasteiger partial charge in [0.05, 0.1) is 11.4 Å². The maximum absolute atomic E-state index is 5.09. The van der Waals surface area contributed by atoms with Gasteiger partial charge in [0.25, 0.3) is 0 Å². The molecule has 1 N–H and O–H groups in total. The number of rotatable bonds is 10. The van der Waals surface area contributed by atoms with Gasteiger partial charge in [-0.05, 0) is 42.9 Å². The SMILES string of the molecule is CCN(CC)C/C=C/c1ccc(-c2nc(-c3ccc(N(C)C)cc3)c(-c3ccc(N(C)C)cc3)[nH]2)cc1. The number of imidazole rings is 1. The van der Waals surface area contributed by atoms with E-state index >= 15 is 0 Å². The first kappa shape index (κ1) is 26.2. The van der Waals surface area contributed by atoms with Gasteiger partial charge < -0.3 is 19.7 Å². The molecule has 4 rings (SSSR count). The summed E-state index contributed by atoms with van der Waals surface area (Å²) in [5, 5.41) is 0. The molecule has 0 saturated carbocycles. The van der Waals surface area contributed by atoms with E-state index in [-0.39, 0.29) is 0 Å². The predicted molar refractivity (Wildman–Crippen MR) is 160 cm³/mol. The average Bonchev–Trinajstić information content (AvgIpc) is 3.37. The maximum atomic E-state index is 5.09. The number of nitrogens with zero attached hydrogens (tertiary/aromatic N) is 4. The van der Waals surface area contributed by atoms with Crippen LogP contribution in [0.3, 0.4) is 0 Å². The van der Waals surface area contributed by atoms with Gasteiger partial charge in [-0.2, -0.15) is 0 Å². The van der Waals surface area contributed by atoms with Crippen molar-refractivity contribution < 1.29 is 0 Å². The topological polar surface area (TPSA) is 38.4 Å². The molecule has 0 bridgehead atoms. The van der Waals surface area contributed by atoms with E-state index in [4.69, 9.17) is 4.98 Å². The van der Waals surface area contributed by atoms with Crippen LogP contribution in [0.15, 0.2) is 78.9 Å². The lowest BCUT2D eigenvalue weighted by molar-refractivity contribution is 0.338. The van der Waals surface area contributed by atoms with E-state index in [1.807, 2.05) is 0 Å². The van der Waals surface area contributed by atoms with Crippen LogP contribution in [0.25, 0.3) is 40.0 Å². The van der Waals surface area contributed by atoms with Gasteiger partial charge in [-0.1, -0.05) is 74.5 Å². The largest absolute Gasteiger partial charge is 0.378 e. The van der Waals surface area contributed by atoms with Crippen molar-refractivity contribution in [3.8, 4) is 33.9 Å². The summed E-state index contributed by atoms with van der Waals surface area (Å²) >= 11 is 0. The molecule has 5 nitrogen and oxygen atoms in total. The Morgan fingerprint density at radius 3 is 1.70 bits per heavy atom. The van der Waals surface area contributed by atoms with E-state index in [1.54, 1.807) is 0 Å². The van der Waals surface area contributed by atoms with Gasteiger partial charge in [0.1, 0.15) is 5.82 Å². The molecule has 0 atom stereocenters. The van der Waals surface area contributed by atoms with Crippen molar-refractivity contribution in [1.29, 1.82) is 0 Å². The predicted octanol–water partition coefficient (Wildman–Crippen LogP) is 6.90. The molecule has 0 saturated heterocycles. The maximum Gasteiger partial charge on any atom is 0.138 e. The van der Waals surface area contributed by atoms with E-state index in [2.05, 4.69) is 147 Å². The van der Waals surface area contributed by atoms with Crippen LogP contribution in [-0.2, 0) is 0 Å². The van der Waals surface area contributed by atoms with Crippen molar-refractivity contribution in [2.24, 2.45) is 0 Å². The number of aromatic nitrogens is 2. The van der Waals surface area contributed by atoms with Gasteiger partial charge in [0.15, 0.2) is 0 Å². The first-order valence-electron chi connectivity index (χ1n) is 13.0. The molecule has 0 unspecified atom stereocenters. The molecule has 0 amide bonds. The number of benzene rings is 3. The van der Waals surface area contributed by atoms with Crippen LogP contribution in [0.5, 0.6) is 0 Å². The summed E-state index contributed by atoms with van der Waals surface area (Å²) in [6, 6.07) is 25.8. The Morgan fingerprint density at radius 2 is 1.19 bits per heavy atom. The molecule has 0 aliphatic heterocycles. The minimum atomic E-state index is 0.872. The summed E-state index contributed by atoms with van der Waals surface area (Å²) < 4.78 is 0. The van der Waals surface area contributed by atoms with Gasteiger partial charge in [-0.15, -0.1) is 0 Å². The Labute approximate surface area is 222 Å². The Balaban J connectivity index is 1.67. The number of likely N-dealkylation sites (N-methyl/N-ethyl adjacent to an activating group) is 1. The molecular weight excluding hydrogens is 454 g/mol. The first-order valence-corrected chi connectivity index (χ1v) is 13.0. The Hall–Kier alpha value is -3.83. The monoisotopic (exact) mass is 493 g/mol. The molecule has 4 aromatic rings. The normalized spacial score (nSPS) is 11.4. The van der Waals surface area contributed by atoms with Crippen molar-refractivity contribution >= 4 is 17.5 Å². The Bertz CT molecular complexity index is 1220. The summed E-state index contributed by atoms with van der Waals surface area (Å²) in [5.74, 6) is 0.872. The summed E-state index contributed by atoms with van der Waals surface area (Å²) in [4.78, 5) is 15.3. The van der Waals surface area contributed by atoms with Crippen LogP contribution >= 0.6 is 0 Å². The summed E-state index contributed by atoms with van der Waals surface area (Å²) in [7, 11) is 8.23. The zero-order valence-electron chi connectivity index (χ0n) is 23.0. The third-order valence-corrected chi connectivity index (χ3v) is 6.79. The fourth-order valence-corrected chi connectivity index (χ4v) is 4.34. The summed E-state index contributed by atoms with van der Waals surface area (Å²) in [5.41, 5.74) is 8.81. The highest BCUT2D eigenvalue weighted by molar-refractivity contribution is 5.82. The molecule has 0 aliphatic carbocycles. The zero-order valence-corrected chi connectivity index (χ0v) is 23.0. The lowest BCUT2D eigenvalue weighted by atomic mass is 10.0. The number of hydrogen-bond donors (Lipinski definition) is 1. The van der Waals surface area contributed by atoms with Crippen molar-refractivity contribution in [2.75, 3.05) is 57.6 Å². The number of H-pyrrole nitrogens is 1. The van der Waals surface area contributed by atoms with Crippen LogP contribution < -0.4 is 9.80 Å². The lowest BCUT2D eigenvalue weighted by Crippen LogP contribution is -2.22. The highest BCUT2D eigenvalue weighted by Gasteiger charge is 2.16. The van der Waals surface area contributed by atoms with Crippen molar-refractivity contribution in [2.45, 2.75) is 13.8 Å². The fraction of sp³-hybridized carbons (Fsp3) is 0.281.